The van der Waals surface area contributed by atoms with Gasteiger partial charge in [0, 0.05) is 6.42 Å². The third kappa shape index (κ3) is 3.16. The number of aliphatic hydroxyl groups is 1. The molecule has 0 aliphatic heterocycles. The second-order valence-corrected chi connectivity index (χ2v) is 9.21. The van der Waals surface area contributed by atoms with E-state index in [-0.39, 0.29) is 23.4 Å². The first kappa shape index (κ1) is 18.8. The van der Waals surface area contributed by atoms with E-state index in [1.165, 1.54) is 11.1 Å². The Morgan fingerprint density at radius 1 is 1.30 bits per heavy atom. The number of hydrogen-bond acceptors (Lipinski definition) is 4. The summed E-state index contributed by atoms with van der Waals surface area (Å²) in [6.07, 6.45) is 5.88. The average Bonchev–Trinajstić information content (AvgIpc) is 2.94. The fourth-order valence-electron chi connectivity index (χ4n) is 6.54. The number of fused-ring (bicyclic) bond motifs is 5. The molecule has 0 amide bonds. The van der Waals surface area contributed by atoms with E-state index in [9.17, 15) is 15.0 Å². The summed E-state index contributed by atoms with van der Waals surface area (Å²) in [5.74, 6) is 1.75. The van der Waals surface area contributed by atoms with Gasteiger partial charge in [-0.05, 0) is 90.9 Å². The van der Waals surface area contributed by atoms with Crippen molar-refractivity contribution in [3.8, 4) is 5.75 Å². The van der Waals surface area contributed by atoms with Gasteiger partial charge in [0.15, 0.2) is 0 Å². The molecule has 1 aromatic rings. The maximum Gasteiger partial charge on any atom is 0.306 e. The van der Waals surface area contributed by atoms with Crippen LogP contribution in [0.2, 0.25) is 0 Å². The normalized spacial score (nSPS) is 37.2. The Bertz CT molecular complexity index is 714. The van der Waals surface area contributed by atoms with Crippen LogP contribution in [0.1, 0.15) is 69.4 Å². The monoisotopic (exact) mass is 372 g/mol. The minimum Gasteiger partial charge on any atom is -0.508 e. The number of aliphatic hydroxyl groups excluding tert-OH is 1. The second-order valence-electron chi connectivity index (χ2n) is 9.21. The number of phenolic OH excluding ortho intramolecular Hbond substituents is 1. The molecule has 0 bridgehead atoms. The molecule has 0 saturated heterocycles. The van der Waals surface area contributed by atoms with Crippen molar-refractivity contribution in [3.05, 3.63) is 29.3 Å². The van der Waals surface area contributed by atoms with Gasteiger partial charge in [0.05, 0.1) is 12.7 Å². The van der Waals surface area contributed by atoms with Crippen LogP contribution in [0.4, 0.5) is 0 Å². The van der Waals surface area contributed by atoms with Gasteiger partial charge in [-0.2, -0.15) is 0 Å². The zero-order valence-electron chi connectivity index (χ0n) is 16.5. The number of esters is 1. The summed E-state index contributed by atoms with van der Waals surface area (Å²) in [6.45, 7) is 4.73. The van der Waals surface area contributed by atoms with E-state index < -0.39 is 0 Å². The summed E-state index contributed by atoms with van der Waals surface area (Å²) in [5, 5.41) is 20.7. The van der Waals surface area contributed by atoms with Crippen molar-refractivity contribution in [1.29, 1.82) is 0 Å². The van der Waals surface area contributed by atoms with Crippen molar-refractivity contribution in [2.24, 2.45) is 23.2 Å². The molecule has 2 N–H and O–H groups in total. The SMILES string of the molecule is CCCOC(=O)C[C@H]1C[C@]2(C)C(O)CC[C@H]2[C@@H]2CCc3cc(O)ccc3[C@@H]12. The van der Waals surface area contributed by atoms with Crippen LogP contribution in [0.3, 0.4) is 0 Å². The number of aromatic hydroxyl groups is 1. The number of benzene rings is 1. The summed E-state index contributed by atoms with van der Waals surface area (Å²) in [7, 11) is 0. The average molecular weight is 373 g/mol. The van der Waals surface area contributed by atoms with Crippen molar-refractivity contribution in [3.63, 3.8) is 0 Å². The highest BCUT2D eigenvalue weighted by molar-refractivity contribution is 5.70. The Hall–Kier alpha value is -1.55. The molecule has 27 heavy (non-hydrogen) atoms. The van der Waals surface area contributed by atoms with Crippen LogP contribution in [-0.2, 0) is 16.0 Å². The molecule has 148 valence electrons. The molecule has 4 nitrogen and oxygen atoms in total. The topological polar surface area (TPSA) is 66.8 Å². The van der Waals surface area contributed by atoms with Crippen molar-refractivity contribution < 1.29 is 19.7 Å². The summed E-state index contributed by atoms with van der Waals surface area (Å²) in [6, 6.07) is 5.75. The third-order valence-corrected chi connectivity index (χ3v) is 7.68. The fourth-order valence-corrected chi connectivity index (χ4v) is 6.54. The highest BCUT2D eigenvalue weighted by Gasteiger charge is 2.57. The van der Waals surface area contributed by atoms with E-state index in [0.29, 0.717) is 36.5 Å². The minimum atomic E-state index is -0.265. The molecule has 0 radical (unpaired) electrons. The van der Waals surface area contributed by atoms with E-state index in [4.69, 9.17) is 4.74 Å². The summed E-state index contributed by atoms with van der Waals surface area (Å²) >= 11 is 0. The van der Waals surface area contributed by atoms with E-state index in [0.717, 1.165) is 38.5 Å². The van der Waals surface area contributed by atoms with Gasteiger partial charge in [0.2, 0.25) is 0 Å². The molecule has 2 saturated carbocycles. The maximum atomic E-state index is 12.5. The predicted molar refractivity (Wildman–Crippen MR) is 103 cm³/mol. The molecule has 6 atom stereocenters. The maximum absolute atomic E-state index is 12.5. The number of aryl methyl sites for hydroxylation is 1. The Labute approximate surface area is 161 Å². The van der Waals surface area contributed by atoms with Gasteiger partial charge in [0.1, 0.15) is 5.75 Å². The Kier molecular flexibility index (Phi) is 4.96. The lowest BCUT2D eigenvalue weighted by Crippen LogP contribution is -2.48. The van der Waals surface area contributed by atoms with Crippen molar-refractivity contribution in [1.82, 2.24) is 0 Å². The molecule has 0 spiro atoms. The Morgan fingerprint density at radius 2 is 2.11 bits per heavy atom. The van der Waals surface area contributed by atoms with Crippen LogP contribution >= 0.6 is 0 Å². The molecule has 4 rings (SSSR count). The summed E-state index contributed by atoms with van der Waals surface area (Å²) < 4.78 is 5.41. The number of hydrogen-bond donors (Lipinski definition) is 2. The van der Waals surface area contributed by atoms with E-state index in [1.807, 2.05) is 13.0 Å². The molecule has 1 aromatic carbocycles. The van der Waals surface area contributed by atoms with Crippen LogP contribution in [-0.4, -0.2) is 28.9 Å². The van der Waals surface area contributed by atoms with E-state index in [1.54, 1.807) is 6.07 Å². The Morgan fingerprint density at radius 3 is 2.89 bits per heavy atom. The largest absolute Gasteiger partial charge is 0.508 e. The zero-order chi connectivity index (χ0) is 19.2. The summed E-state index contributed by atoms with van der Waals surface area (Å²) in [5.41, 5.74) is 2.44. The van der Waals surface area contributed by atoms with Gasteiger partial charge >= 0.3 is 5.97 Å². The number of carbonyl (C=O) groups excluding carboxylic acids is 1. The summed E-state index contributed by atoms with van der Waals surface area (Å²) in [4.78, 5) is 12.5. The lowest BCUT2D eigenvalue weighted by molar-refractivity contribution is -0.147. The Balaban J connectivity index is 1.69. The second kappa shape index (κ2) is 7.12. The van der Waals surface area contributed by atoms with Gasteiger partial charge in [-0.3, -0.25) is 4.79 Å². The number of carbonyl (C=O) groups is 1. The van der Waals surface area contributed by atoms with E-state index in [2.05, 4.69) is 13.0 Å². The van der Waals surface area contributed by atoms with Gasteiger partial charge < -0.3 is 14.9 Å². The molecule has 0 aromatic heterocycles. The molecule has 3 aliphatic carbocycles. The van der Waals surface area contributed by atoms with Crippen LogP contribution in [0, 0.1) is 23.2 Å². The van der Waals surface area contributed by atoms with Gasteiger partial charge in [0.25, 0.3) is 0 Å². The highest BCUT2D eigenvalue weighted by Crippen LogP contribution is 2.63. The van der Waals surface area contributed by atoms with Gasteiger partial charge in [-0.15, -0.1) is 0 Å². The molecular weight excluding hydrogens is 340 g/mol. The van der Waals surface area contributed by atoms with Gasteiger partial charge in [-0.25, -0.2) is 0 Å². The van der Waals surface area contributed by atoms with Crippen LogP contribution in [0.25, 0.3) is 0 Å². The minimum absolute atomic E-state index is 0.0920. The lowest BCUT2D eigenvalue weighted by atomic mass is 9.51. The van der Waals surface area contributed by atoms with E-state index >= 15 is 0 Å². The number of ether oxygens (including phenoxy) is 1. The third-order valence-electron chi connectivity index (χ3n) is 7.68. The van der Waals surface area contributed by atoms with Crippen LogP contribution in [0.5, 0.6) is 5.75 Å². The number of phenols is 1. The first-order valence-corrected chi connectivity index (χ1v) is 10.6. The molecule has 0 heterocycles. The predicted octanol–water partition coefficient (Wildman–Crippen LogP) is 4.18. The van der Waals surface area contributed by atoms with Crippen LogP contribution < -0.4 is 0 Å². The first-order valence-electron chi connectivity index (χ1n) is 10.6. The quantitative estimate of drug-likeness (QED) is 0.778. The van der Waals surface area contributed by atoms with Crippen molar-refractivity contribution >= 4 is 5.97 Å². The smallest absolute Gasteiger partial charge is 0.306 e. The lowest BCUT2D eigenvalue weighted by Gasteiger charge is -2.53. The molecule has 4 heteroatoms. The molecular formula is C23H32O4. The fraction of sp³-hybridized carbons (Fsp3) is 0.696. The van der Waals surface area contributed by atoms with Crippen molar-refractivity contribution in [2.45, 2.75) is 70.8 Å². The molecule has 2 fully saturated rings. The van der Waals surface area contributed by atoms with Gasteiger partial charge in [-0.1, -0.05) is 19.9 Å². The highest BCUT2D eigenvalue weighted by atomic mass is 16.5. The molecule has 1 unspecified atom stereocenters. The zero-order valence-corrected chi connectivity index (χ0v) is 16.5. The first-order chi connectivity index (χ1) is 12.9. The van der Waals surface area contributed by atoms with Crippen LogP contribution in [0.15, 0.2) is 18.2 Å². The molecule has 3 aliphatic rings. The number of rotatable bonds is 4. The van der Waals surface area contributed by atoms with Crippen molar-refractivity contribution in [2.75, 3.05) is 6.61 Å². The standard InChI is InChI=1S/C23H32O4/c1-3-10-27-21(26)12-15-13-23(2)19(8-9-20(23)25)18-6-4-14-11-16(24)5-7-17(14)22(15)18/h5,7,11,15,18-20,22,24-25H,3-4,6,8-10,12-13H2,1-2H3/t15-,18-,19-,20?,22+,23-/m0/s1.